The van der Waals surface area contributed by atoms with Gasteiger partial charge in [0.1, 0.15) is 19.3 Å². The number of carbonyl (C=O) groups is 4. The molecule has 0 aliphatic rings. The number of aliphatic hydroxyl groups is 1. The maximum Gasteiger partial charge on any atom is 0.472 e. The molecular formula is C82H160O17P2. The Balaban J connectivity index is 5.27. The number of ether oxygens (including phenoxy) is 4. The van der Waals surface area contributed by atoms with Gasteiger partial charge in [0.15, 0.2) is 12.2 Å². The number of esters is 4. The van der Waals surface area contributed by atoms with Crippen LogP contribution in [-0.4, -0.2) is 96.7 Å². The van der Waals surface area contributed by atoms with E-state index in [1.807, 2.05) is 0 Å². The number of phosphoric acid groups is 2. The summed E-state index contributed by atoms with van der Waals surface area (Å²) in [5.74, 6) is 0.266. The van der Waals surface area contributed by atoms with Gasteiger partial charge in [-0.15, -0.1) is 0 Å². The molecule has 2 unspecified atom stereocenters. The van der Waals surface area contributed by atoms with Crippen LogP contribution in [0, 0.1) is 17.8 Å². The predicted octanol–water partition coefficient (Wildman–Crippen LogP) is 24.5. The molecule has 0 aliphatic carbocycles. The molecule has 17 nitrogen and oxygen atoms in total. The topological polar surface area (TPSA) is 237 Å². The lowest BCUT2D eigenvalue weighted by atomic mass is 10.0. The minimum Gasteiger partial charge on any atom is -0.462 e. The highest BCUT2D eigenvalue weighted by molar-refractivity contribution is 7.47. The summed E-state index contributed by atoms with van der Waals surface area (Å²) in [6, 6.07) is 0. The van der Waals surface area contributed by atoms with Gasteiger partial charge in [0.05, 0.1) is 26.4 Å². The zero-order chi connectivity index (χ0) is 74.4. The fraction of sp³-hybridized carbons (Fsp3) is 0.951. The van der Waals surface area contributed by atoms with Crippen molar-refractivity contribution in [3.63, 3.8) is 0 Å². The van der Waals surface area contributed by atoms with E-state index in [-0.39, 0.29) is 25.7 Å². The van der Waals surface area contributed by atoms with Crippen LogP contribution in [0.2, 0.25) is 0 Å². The molecule has 3 N–H and O–H groups in total. The second-order valence-corrected chi connectivity index (χ2v) is 33.8. The first-order chi connectivity index (χ1) is 48.7. The largest absolute Gasteiger partial charge is 0.472 e. The molecule has 600 valence electrons. The maximum absolute atomic E-state index is 13.1. The maximum atomic E-state index is 13.1. The van der Waals surface area contributed by atoms with Gasteiger partial charge in [-0.3, -0.25) is 37.3 Å². The van der Waals surface area contributed by atoms with Crippen molar-refractivity contribution in [2.75, 3.05) is 39.6 Å². The number of aliphatic hydroxyl groups excluding tert-OH is 1. The smallest absolute Gasteiger partial charge is 0.462 e. The molecule has 0 heterocycles. The van der Waals surface area contributed by atoms with Crippen molar-refractivity contribution in [2.45, 2.75) is 446 Å². The van der Waals surface area contributed by atoms with Crippen molar-refractivity contribution in [3.05, 3.63) is 0 Å². The molecule has 0 spiro atoms. The molecule has 0 aromatic rings. The Morgan fingerprint density at radius 3 is 0.673 bits per heavy atom. The lowest BCUT2D eigenvalue weighted by Gasteiger charge is -2.21. The van der Waals surface area contributed by atoms with Crippen LogP contribution in [0.3, 0.4) is 0 Å². The molecule has 0 bridgehead atoms. The Morgan fingerprint density at radius 1 is 0.267 bits per heavy atom. The lowest BCUT2D eigenvalue weighted by Crippen LogP contribution is -2.30. The van der Waals surface area contributed by atoms with Crippen LogP contribution < -0.4 is 0 Å². The molecule has 101 heavy (non-hydrogen) atoms. The molecule has 0 saturated carbocycles. The minimum atomic E-state index is -4.96. The number of hydrogen-bond donors (Lipinski definition) is 3. The average molecular weight is 1480 g/mol. The van der Waals surface area contributed by atoms with Gasteiger partial charge in [0, 0.05) is 25.7 Å². The Labute approximate surface area is 619 Å². The second-order valence-electron chi connectivity index (χ2n) is 30.9. The Bertz CT molecular complexity index is 1960. The number of phosphoric ester groups is 2. The molecule has 0 aliphatic heterocycles. The average Bonchev–Trinajstić information content (AvgIpc) is 1.06. The summed E-state index contributed by atoms with van der Waals surface area (Å²) in [5, 5.41) is 10.7. The third kappa shape index (κ3) is 76.1. The van der Waals surface area contributed by atoms with Gasteiger partial charge >= 0.3 is 39.5 Å². The van der Waals surface area contributed by atoms with Gasteiger partial charge < -0.3 is 33.8 Å². The number of hydrogen-bond acceptors (Lipinski definition) is 15. The van der Waals surface area contributed by atoms with Crippen LogP contribution in [0.4, 0.5) is 0 Å². The summed E-state index contributed by atoms with van der Waals surface area (Å²) in [7, 11) is -9.92. The van der Waals surface area contributed by atoms with E-state index in [0.29, 0.717) is 25.7 Å². The molecule has 0 fully saturated rings. The van der Waals surface area contributed by atoms with Crippen molar-refractivity contribution >= 4 is 39.5 Å². The third-order valence-corrected chi connectivity index (χ3v) is 21.0. The summed E-state index contributed by atoms with van der Waals surface area (Å²) in [4.78, 5) is 73.1. The fourth-order valence-corrected chi connectivity index (χ4v) is 14.2. The van der Waals surface area contributed by atoms with Crippen LogP contribution in [0.5, 0.6) is 0 Å². The Hall–Kier alpha value is -1.94. The number of carbonyl (C=O) groups excluding carboxylic acids is 4. The summed E-state index contributed by atoms with van der Waals surface area (Å²) >= 11 is 0. The molecule has 0 amide bonds. The number of unbranched alkanes of at least 4 members (excludes halogenated alkanes) is 48. The highest BCUT2D eigenvalue weighted by Crippen LogP contribution is 2.45. The molecule has 0 rings (SSSR count). The van der Waals surface area contributed by atoms with Crippen LogP contribution in [-0.2, 0) is 65.4 Å². The Kier molecular flexibility index (Phi) is 70.9. The normalized spacial score (nSPS) is 14.0. The fourth-order valence-electron chi connectivity index (χ4n) is 12.7. The van der Waals surface area contributed by atoms with E-state index >= 15 is 0 Å². The highest BCUT2D eigenvalue weighted by Gasteiger charge is 2.30. The molecule has 0 saturated heterocycles. The highest BCUT2D eigenvalue weighted by atomic mass is 31.2. The van der Waals surface area contributed by atoms with Gasteiger partial charge in [0.25, 0.3) is 0 Å². The van der Waals surface area contributed by atoms with E-state index in [0.717, 1.165) is 108 Å². The van der Waals surface area contributed by atoms with E-state index in [9.17, 15) is 43.2 Å². The van der Waals surface area contributed by atoms with Gasteiger partial charge in [-0.2, -0.15) is 0 Å². The minimum absolute atomic E-state index is 0.107. The zero-order valence-electron chi connectivity index (χ0n) is 66.4. The van der Waals surface area contributed by atoms with E-state index in [2.05, 4.69) is 48.5 Å². The van der Waals surface area contributed by atoms with Crippen LogP contribution in [0.25, 0.3) is 0 Å². The van der Waals surface area contributed by atoms with E-state index in [4.69, 9.17) is 37.0 Å². The van der Waals surface area contributed by atoms with Gasteiger partial charge in [-0.05, 0) is 43.4 Å². The SMILES string of the molecule is CCCCCCCCCCCCCCC(=O)OC[C@H](COP(=O)(O)OC[C@H](O)COP(=O)(O)OC[C@@H](COC(=O)CCCCCCCCCCCCCCCC(C)C)OC(=O)CCCCCCCCCCCCCCCCC(C)C)OC(=O)CCCCCCCCCCCCCCCC(C)C. The summed E-state index contributed by atoms with van der Waals surface area (Å²) in [5.41, 5.74) is 0. The van der Waals surface area contributed by atoms with Crippen molar-refractivity contribution < 1.29 is 80.2 Å². The van der Waals surface area contributed by atoms with Gasteiger partial charge in [0.2, 0.25) is 0 Å². The summed E-state index contributed by atoms with van der Waals surface area (Å²) < 4.78 is 68.8. The van der Waals surface area contributed by atoms with E-state index < -0.39 is 97.5 Å². The van der Waals surface area contributed by atoms with E-state index in [1.165, 1.54) is 238 Å². The monoisotopic (exact) mass is 1480 g/mol. The molecule has 0 radical (unpaired) electrons. The quantitative estimate of drug-likeness (QED) is 0.0222. The first-order valence-corrected chi connectivity index (χ1v) is 45.3. The molecular weight excluding hydrogens is 1320 g/mol. The summed E-state index contributed by atoms with van der Waals surface area (Å²) in [6.45, 7) is 12.0. The Morgan fingerprint density at radius 2 is 0.455 bits per heavy atom. The van der Waals surface area contributed by atoms with Crippen molar-refractivity contribution in [1.82, 2.24) is 0 Å². The van der Waals surface area contributed by atoms with Crippen molar-refractivity contribution in [3.8, 4) is 0 Å². The van der Waals surface area contributed by atoms with Gasteiger partial charge in [-0.25, -0.2) is 9.13 Å². The molecule has 5 atom stereocenters. The lowest BCUT2D eigenvalue weighted by molar-refractivity contribution is -0.161. The molecule has 0 aromatic heterocycles. The third-order valence-electron chi connectivity index (χ3n) is 19.1. The van der Waals surface area contributed by atoms with Crippen molar-refractivity contribution in [1.29, 1.82) is 0 Å². The van der Waals surface area contributed by atoms with Crippen LogP contribution in [0.15, 0.2) is 0 Å². The van der Waals surface area contributed by atoms with Crippen LogP contribution >= 0.6 is 15.6 Å². The zero-order valence-corrected chi connectivity index (χ0v) is 68.2. The van der Waals surface area contributed by atoms with Gasteiger partial charge in [-0.1, -0.05) is 376 Å². The predicted molar refractivity (Wildman–Crippen MR) is 414 cm³/mol. The number of rotatable bonds is 80. The standard InChI is InChI=1S/C82H160O17P2/c1-8-9-10-11-12-13-14-28-35-42-49-56-63-79(84)92-69-77(99-82(87)66-59-52-45-38-31-24-18-21-27-34-41-48-55-62-75(6)7)71-96-100(88,89)94-67-76(83)68-95-101(90,91)97-72-78(70-93-80(85)64-57-50-43-36-29-23-17-20-26-33-40-47-54-61-74(4)5)98-81(86)65-58-51-44-37-30-22-16-15-19-25-32-39-46-53-60-73(2)3/h73-78,83H,8-72H2,1-7H3,(H,88,89)(H,90,91)/t76-,77+,78+/m0/s1. The van der Waals surface area contributed by atoms with Crippen molar-refractivity contribution in [2.24, 2.45) is 17.8 Å². The first kappa shape index (κ1) is 99.1. The van der Waals surface area contributed by atoms with E-state index in [1.54, 1.807) is 0 Å². The second kappa shape index (κ2) is 72.3. The molecule has 19 heteroatoms. The first-order valence-electron chi connectivity index (χ1n) is 42.3. The van der Waals surface area contributed by atoms with Crippen LogP contribution in [0.1, 0.15) is 427 Å². The molecule has 0 aromatic carbocycles. The summed E-state index contributed by atoms with van der Waals surface area (Å²) in [6.07, 6.45) is 60.9.